The number of aromatic hydroxyl groups is 1. The molecule has 1 aliphatic carbocycles. The van der Waals surface area contributed by atoms with E-state index in [1.807, 2.05) is 12.1 Å². The van der Waals surface area contributed by atoms with Crippen molar-refractivity contribution in [2.75, 3.05) is 59.8 Å². The second-order valence-electron chi connectivity index (χ2n) is 10.1. The number of piperidine rings is 2. The van der Waals surface area contributed by atoms with Crippen molar-refractivity contribution in [1.82, 2.24) is 9.47 Å². The number of hydrogen-bond acceptors (Lipinski definition) is 7. The van der Waals surface area contributed by atoms with Crippen LogP contribution >= 0.6 is 0 Å². The van der Waals surface area contributed by atoms with Crippen LogP contribution in [0.5, 0.6) is 5.75 Å². The van der Waals surface area contributed by atoms with E-state index in [0.29, 0.717) is 56.8 Å². The lowest BCUT2D eigenvalue weighted by atomic mass is 9.65. The zero-order valence-corrected chi connectivity index (χ0v) is 20.9. The molecule has 4 bridgehead atoms. The lowest BCUT2D eigenvalue weighted by Crippen LogP contribution is -2.56. The van der Waals surface area contributed by atoms with Crippen molar-refractivity contribution in [3.05, 3.63) is 29.5 Å². The summed E-state index contributed by atoms with van der Waals surface area (Å²) in [4.78, 5) is 16.2. The highest BCUT2D eigenvalue weighted by Gasteiger charge is 2.49. The van der Waals surface area contributed by atoms with E-state index >= 15 is 0 Å². The summed E-state index contributed by atoms with van der Waals surface area (Å²) in [6.45, 7) is 7.00. The maximum Gasteiger partial charge on any atom is 0.418 e. The Morgan fingerprint density at radius 3 is 2.63 bits per heavy atom. The van der Waals surface area contributed by atoms with Gasteiger partial charge in [0.05, 0.1) is 38.6 Å². The third-order valence-corrected chi connectivity index (χ3v) is 8.09. The molecular formula is C27H38N2O6. The first-order chi connectivity index (χ1) is 17.1. The minimum atomic E-state index is -0.357. The molecule has 2 unspecified atom stereocenters. The molecule has 0 radical (unpaired) electrons. The Morgan fingerprint density at radius 1 is 1.09 bits per heavy atom. The number of nitrogens with zero attached hydrogens (tertiary/aromatic N) is 2. The number of hydrogen-bond donors (Lipinski definition) is 1. The van der Waals surface area contributed by atoms with E-state index in [1.165, 1.54) is 24.9 Å². The van der Waals surface area contributed by atoms with E-state index in [4.69, 9.17) is 18.9 Å². The van der Waals surface area contributed by atoms with Gasteiger partial charge < -0.3 is 24.1 Å². The first-order valence-electron chi connectivity index (χ1n) is 13.0. The highest BCUT2D eigenvalue weighted by Crippen LogP contribution is 2.52. The Hall–Kier alpha value is -2.13. The molecule has 0 amide bonds. The first kappa shape index (κ1) is 24.6. The van der Waals surface area contributed by atoms with Crippen LogP contribution in [0.4, 0.5) is 4.79 Å². The van der Waals surface area contributed by atoms with Crippen LogP contribution in [0.3, 0.4) is 0 Å². The summed E-state index contributed by atoms with van der Waals surface area (Å²) >= 11 is 0. The third-order valence-electron chi connectivity index (χ3n) is 8.09. The van der Waals surface area contributed by atoms with Gasteiger partial charge in [0, 0.05) is 43.2 Å². The number of benzene rings is 1. The number of phenolic OH excluding ortho intramolecular Hbond substituents is 1. The molecule has 8 heteroatoms. The molecule has 3 aliphatic heterocycles. The number of methoxy groups -OCH3 is 1. The molecule has 1 aromatic heterocycles. The number of carbonyl (C=O) groups excluding carboxylic acids is 1. The van der Waals surface area contributed by atoms with Crippen LogP contribution in [0.15, 0.2) is 18.2 Å². The number of aromatic nitrogens is 1. The summed E-state index contributed by atoms with van der Waals surface area (Å²) in [6.07, 6.45) is 4.11. The van der Waals surface area contributed by atoms with Crippen molar-refractivity contribution in [3.63, 3.8) is 0 Å². The van der Waals surface area contributed by atoms with Crippen LogP contribution in [0.25, 0.3) is 10.9 Å². The fourth-order valence-electron chi connectivity index (χ4n) is 6.75. The Bertz CT molecular complexity index is 1040. The molecule has 35 heavy (non-hydrogen) atoms. The predicted octanol–water partition coefficient (Wildman–Crippen LogP) is 3.77. The molecule has 4 heterocycles. The van der Waals surface area contributed by atoms with Crippen molar-refractivity contribution in [1.29, 1.82) is 0 Å². The van der Waals surface area contributed by atoms with Crippen molar-refractivity contribution in [2.24, 2.45) is 11.8 Å². The topological polar surface area (TPSA) is 82.4 Å². The summed E-state index contributed by atoms with van der Waals surface area (Å²) in [6, 6.07) is 5.79. The summed E-state index contributed by atoms with van der Waals surface area (Å²) in [5.74, 6) is 1.88. The molecule has 192 valence electrons. The summed E-state index contributed by atoms with van der Waals surface area (Å²) in [5.41, 5.74) is 3.14. The predicted molar refractivity (Wildman–Crippen MR) is 132 cm³/mol. The van der Waals surface area contributed by atoms with Gasteiger partial charge in [0.1, 0.15) is 12.4 Å². The van der Waals surface area contributed by atoms with E-state index in [-0.39, 0.29) is 18.4 Å². The first-order valence-corrected chi connectivity index (χ1v) is 13.0. The Morgan fingerprint density at radius 2 is 1.86 bits per heavy atom. The Kier molecular flexibility index (Phi) is 7.62. The zero-order valence-electron chi connectivity index (χ0n) is 20.9. The van der Waals surface area contributed by atoms with Gasteiger partial charge >= 0.3 is 6.09 Å². The average Bonchev–Trinajstić information content (AvgIpc) is 3.13. The molecule has 6 rings (SSSR count). The zero-order chi connectivity index (χ0) is 24.4. The van der Waals surface area contributed by atoms with Crippen LogP contribution in [-0.2, 0) is 25.4 Å². The number of phenols is 1. The molecule has 2 saturated heterocycles. The Balaban J connectivity index is 1.35. The van der Waals surface area contributed by atoms with Crippen LogP contribution in [0.2, 0.25) is 0 Å². The van der Waals surface area contributed by atoms with Crippen molar-refractivity contribution >= 4 is 17.0 Å². The summed E-state index contributed by atoms with van der Waals surface area (Å²) < 4.78 is 23.4. The SMILES string of the molecule is CC[C@H]1C[C@H]2C[C@H]3c4c(c5cc(O)ccc5n4C(=O)OCCOCCOCCOC)CCN(C2)C13. The highest BCUT2D eigenvalue weighted by molar-refractivity contribution is 5.95. The fraction of sp³-hybridized carbons (Fsp3) is 0.667. The molecular weight excluding hydrogens is 448 g/mol. The molecule has 0 spiro atoms. The number of ether oxygens (including phenoxy) is 4. The Labute approximate surface area is 207 Å². The van der Waals surface area contributed by atoms with E-state index < -0.39 is 0 Å². The van der Waals surface area contributed by atoms with Crippen molar-refractivity contribution in [3.8, 4) is 5.75 Å². The smallest absolute Gasteiger partial charge is 0.418 e. The molecule has 4 aliphatic rings. The number of fused-ring (bicyclic) bond motifs is 4. The molecule has 3 fully saturated rings. The van der Waals surface area contributed by atoms with E-state index in [9.17, 15) is 9.90 Å². The number of carbonyl (C=O) groups is 1. The second-order valence-corrected chi connectivity index (χ2v) is 10.1. The normalized spacial score (nSPS) is 27.1. The molecule has 1 N–H and O–H groups in total. The van der Waals surface area contributed by atoms with Gasteiger partial charge in [0.25, 0.3) is 0 Å². The summed E-state index contributed by atoms with van der Waals surface area (Å²) in [7, 11) is 1.64. The lowest BCUT2D eigenvalue weighted by Gasteiger charge is -2.53. The van der Waals surface area contributed by atoms with Crippen LogP contribution in [-0.4, -0.2) is 86.5 Å². The maximum atomic E-state index is 13.5. The second kappa shape index (κ2) is 10.9. The monoisotopic (exact) mass is 486 g/mol. The minimum Gasteiger partial charge on any atom is -0.508 e. The fourth-order valence-corrected chi connectivity index (χ4v) is 6.75. The quantitative estimate of drug-likeness (QED) is 0.512. The molecule has 1 aromatic carbocycles. The van der Waals surface area contributed by atoms with Gasteiger partial charge in [-0.15, -0.1) is 0 Å². The van der Waals surface area contributed by atoms with Crippen molar-refractivity contribution in [2.45, 2.75) is 44.6 Å². The standard InChI is InChI=1S/C27H38N2O6/c1-3-19-14-18-15-23-25(19)28(17-18)7-6-21-22-16-20(30)4-5-24(22)29(26(21)23)27(31)35-13-12-34-11-10-33-9-8-32-2/h4-5,16,18-19,23,25,30H,3,6-15,17H2,1-2H3/t18-,19-,23+,25?/m0/s1. The lowest BCUT2D eigenvalue weighted by molar-refractivity contribution is -0.0142. The molecule has 8 nitrogen and oxygen atoms in total. The maximum absolute atomic E-state index is 13.5. The van der Waals surface area contributed by atoms with Gasteiger partial charge in [-0.05, 0) is 54.9 Å². The minimum absolute atomic E-state index is 0.184. The highest BCUT2D eigenvalue weighted by atomic mass is 16.6. The van der Waals surface area contributed by atoms with Gasteiger partial charge in [0.15, 0.2) is 0 Å². The van der Waals surface area contributed by atoms with Crippen LogP contribution in [0.1, 0.15) is 43.4 Å². The number of rotatable bonds is 10. The summed E-state index contributed by atoms with van der Waals surface area (Å²) in [5, 5.41) is 11.2. The van der Waals surface area contributed by atoms with Crippen molar-refractivity contribution < 1.29 is 28.8 Å². The average molecular weight is 487 g/mol. The van der Waals surface area contributed by atoms with Gasteiger partial charge in [0.2, 0.25) is 0 Å². The third kappa shape index (κ3) is 4.81. The molecule has 2 aromatic rings. The van der Waals surface area contributed by atoms with Gasteiger partial charge in [-0.2, -0.15) is 0 Å². The van der Waals surface area contributed by atoms with Gasteiger partial charge in [-0.3, -0.25) is 4.90 Å². The molecule has 5 atom stereocenters. The van der Waals surface area contributed by atoms with Crippen LogP contribution < -0.4 is 0 Å². The van der Waals surface area contributed by atoms with Crippen LogP contribution in [0, 0.1) is 11.8 Å². The van der Waals surface area contributed by atoms with E-state index in [2.05, 4.69) is 11.8 Å². The van der Waals surface area contributed by atoms with Gasteiger partial charge in [-0.25, -0.2) is 9.36 Å². The van der Waals surface area contributed by atoms with E-state index in [0.717, 1.165) is 36.0 Å². The molecule has 1 saturated carbocycles. The largest absolute Gasteiger partial charge is 0.508 e. The van der Waals surface area contributed by atoms with Gasteiger partial charge in [-0.1, -0.05) is 13.3 Å². The van der Waals surface area contributed by atoms with E-state index in [1.54, 1.807) is 17.7 Å².